The van der Waals surface area contributed by atoms with Crippen LogP contribution in [-0.2, 0) is 0 Å². The first-order valence-electron chi connectivity index (χ1n) is 8.71. The lowest BCUT2D eigenvalue weighted by Crippen LogP contribution is -1.96. The van der Waals surface area contributed by atoms with Gasteiger partial charge in [-0.2, -0.15) is 4.98 Å². The zero-order valence-electron chi connectivity index (χ0n) is 16.7. The number of benzene rings is 2. The van der Waals surface area contributed by atoms with Crippen molar-refractivity contribution in [1.82, 2.24) is 10.1 Å². The molecule has 0 amide bonds. The van der Waals surface area contributed by atoms with Crippen molar-refractivity contribution in [2.75, 3.05) is 35.0 Å². The first-order chi connectivity index (χ1) is 14.1. The molecule has 152 valence electrons. The summed E-state index contributed by atoms with van der Waals surface area (Å²) in [5.74, 6) is 3.35. The predicted octanol–water partition coefficient (Wildman–Crippen LogP) is 4.00. The molecule has 8 nitrogen and oxygen atoms in total. The molecule has 1 heterocycles. The van der Waals surface area contributed by atoms with E-state index < -0.39 is 0 Å². The third kappa shape index (κ3) is 4.11. The SMILES string of the molecule is C=CCOc1ccc(-c2noc(-c3cc(OC)c(OC)c(OC)c3)n2)cc1OC. The van der Waals surface area contributed by atoms with Crippen molar-refractivity contribution < 1.29 is 28.2 Å². The number of methoxy groups -OCH3 is 4. The predicted molar refractivity (Wildman–Crippen MR) is 107 cm³/mol. The van der Waals surface area contributed by atoms with Crippen molar-refractivity contribution in [3.8, 4) is 51.6 Å². The van der Waals surface area contributed by atoms with Crippen molar-refractivity contribution in [1.29, 1.82) is 0 Å². The van der Waals surface area contributed by atoms with Gasteiger partial charge >= 0.3 is 0 Å². The third-order valence-corrected chi connectivity index (χ3v) is 4.12. The van der Waals surface area contributed by atoms with E-state index in [9.17, 15) is 0 Å². The molecule has 0 aliphatic carbocycles. The number of rotatable bonds is 9. The number of nitrogens with zero attached hydrogens (tertiary/aromatic N) is 2. The summed E-state index contributed by atoms with van der Waals surface area (Å²) < 4.78 is 32.5. The Hall–Kier alpha value is -3.68. The highest BCUT2D eigenvalue weighted by atomic mass is 16.5. The minimum absolute atomic E-state index is 0.310. The van der Waals surface area contributed by atoms with E-state index in [0.717, 1.165) is 5.56 Å². The second-order valence-electron chi connectivity index (χ2n) is 5.80. The fourth-order valence-corrected chi connectivity index (χ4v) is 2.74. The molecule has 0 unspecified atom stereocenters. The van der Waals surface area contributed by atoms with Crippen LogP contribution < -0.4 is 23.7 Å². The Bertz CT molecular complexity index is 974. The number of aromatic nitrogens is 2. The first kappa shape index (κ1) is 20.1. The maximum absolute atomic E-state index is 5.57. The fourth-order valence-electron chi connectivity index (χ4n) is 2.74. The van der Waals surface area contributed by atoms with E-state index in [4.69, 9.17) is 28.2 Å². The van der Waals surface area contributed by atoms with E-state index in [1.54, 1.807) is 58.8 Å². The molecule has 1 aromatic heterocycles. The standard InChI is InChI=1S/C21H22N2O6/c1-6-9-28-15-8-7-13(10-16(15)24-2)20-22-21(29-23-20)14-11-17(25-3)19(27-5)18(12-14)26-4/h6-8,10-12H,1,9H2,2-5H3. The maximum Gasteiger partial charge on any atom is 0.258 e. The zero-order chi connectivity index (χ0) is 20.8. The minimum atomic E-state index is 0.310. The van der Waals surface area contributed by atoms with Gasteiger partial charge in [0.1, 0.15) is 6.61 Å². The summed E-state index contributed by atoms with van der Waals surface area (Å²) in [5.41, 5.74) is 1.35. The average molecular weight is 398 g/mol. The summed E-state index contributed by atoms with van der Waals surface area (Å²) in [6, 6.07) is 8.87. The quantitative estimate of drug-likeness (QED) is 0.500. The van der Waals surface area contributed by atoms with Crippen molar-refractivity contribution in [2.24, 2.45) is 0 Å². The van der Waals surface area contributed by atoms with Gasteiger partial charge in [-0.15, -0.1) is 0 Å². The van der Waals surface area contributed by atoms with Crippen molar-refractivity contribution in [2.45, 2.75) is 0 Å². The van der Waals surface area contributed by atoms with Crippen LogP contribution >= 0.6 is 0 Å². The van der Waals surface area contributed by atoms with Crippen LogP contribution in [0.4, 0.5) is 0 Å². The lowest BCUT2D eigenvalue weighted by molar-refractivity contribution is 0.324. The lowest BCUT2D eigenvalue weighted by atomic mass is 10.1. The molecule has 3 rings (SSSR count). The molecule has 0 spiro atoms. The summed E-state index contributed by atoms with van der Waals surface area (Å²) in [7, 11) is 6.20. The van der Waals surface area contributed by atoms with Gasteiger partial charge in [-0.3, -0.25) is 0 Å². The molecule has 8 heteroatoms. The molecule has 0 aliphatic rings. The van der Waals surface area contributed by atoms with Crippen molar-refractivity contribution in [3.63, 3.8) is 0 Å². The molecule has 0 saturated carbocycles. The average Bonchev–Trinajstić information content (AvgIpc) is 3.26. The van der Waals surface area contributed by atoms with Crippen LogP contribution in [0.2, 0.25) is 0 Å². The van der Waals surface area contributed by atoms with Gasteiger partial charge in [-0.05, 0) is 30.3 Å². The smallest absolute Gasteiger partial charge is 0.258 e. The molecule has 0 bridgehead atoms. The Labute approximate surface area is 168 Å². The Morgan fingerprint density at radius 2 is 1.52 bits per heavy atom. The van der Waals surface area contributed by atoms with E-state index in [1.165, 1.54) is 0 Å². The highest BCUT2D eigenvalue weighted by molar-refractivity contribution is 5.68. The van der Waals surface area contributed by atoms with Crippen LogP contribution in [0.5, 0.6) is 28.7 Å². The molecule has 0 aliphatic heterocycles. The molecule has 0 radical (unpaired) electrons. The summed E-state index contributed by atoms with van der Waals surface area (Å²) in [6.07, 6.45) is 1.66. The molecule has 2 aromatic carbocycles. The van der Waals surface area contributed by atoms with E-state index in [-0.39, 0.29) is 0 Å². The second-order valence-corrected chi connectivity index (χ2v) is 5.80. The molecular weight excluding hydrogens is 376 g/mol. The Morgan fingerprint density at radius 1 is 0.862 bits per heavy atom. The molecule has 0 fully saturated rings. The van der Waals surface area contributed by atoms with Crippen LogP contribution in [-0.4, -0.2) is 45.2 Å². The van der Waals surface area contributed by atoms with Gasteiger partial charge in [0.25, 0.3) is 5.89 Å². The molecule has 29 heavy (non-hydrogen) atoms. The number of hydrogen-bond donors (Lipinski definition) is 0. The zero-order valence-corrected chi connectivity index (χ0v) is 16.7. The van der Waals surface area contributed by atoms with Gasteiger partial charge in [0.15, 0.2) is 23.0 Å². The molecular formula is C21H22N2O6. The van der Waals surface area contributed by atoms with Crippen LogP contribution in [0.15, 0.2) is 47.5 Å². The Kier molecular flexibility index (Phi) is 6.23. The molecule has 3 aromatic rings. The highest BCUT2D eigenvalue weighted by Crippen LogP contribution is 2.41. The Morgan fingerprint density at radius 3 is 2.10 bits per heavy atom. The normalized spacial score (nSPS) is 10.3. The topological polar surface area (TPSA) is 85.1 Å². The Balaban J connectivity index is 1.96. The molecule has 0 saturated heterocycles. The highest BCUT2D eigenvalue weighted by Gasteiger charge is 2.19. The summed E-state index contributed by atoms with van der Waals surface area (Å²) in [5, 5.41) is 4.07. The largest absolute Gasteiger partial charge is 0.493 e. The lowest BCUT2D eigenvalue weighted by Gasteiger charge is -2.12. The van der Waals surface area contributed by atoms with Crippen molar-refractivity contribution in [3.05, 3.63) is 43.0 Å². The minimum Gasteiger partial charge on any atom is -0.493 e. The van der Waals surface area contributed by atoms with E-state index in [0.29, 0.717) is 52.6 Å². The molecule has 0 N–H and O–H groups in total. The third-order valence-electron chi connectivity index (χ3n) is 4.12. The van der Waals surface area contributed by atoms with Gasteiger partial charge < -0.3 is 28.2 Å². The summed E-state index contributed by atoms with van der Waals surface area (Å²) in [6.45, 7) is 4.02. The van der Waals surface area contributed by atoms with Gasteiger partial charge in [-0.25, -0.2) is 0 Å². The maximum atomic E-state index is 5.57. The van der Waals surface area contributed by atoms with Gasteiger partial charge in [0.05, 0.1) is 28.4 Å². The number of ether oxygens (including phenoxy) is 5. The monoisotopic (exact) mass is 398 g/mol. The van der Waals surface area contributed by atoms with Crippen LogP contribution in [0.25, 0.3) is 22.8 Å². The first-order valence-corrected chi connectivity index (χ1v) is 8.71. The molecule has 0 atom stereocenters. The number of hydrogen-bond acceptors (Lipinski definition) is 8. The van der Waals surface area contributed by atoms with Crippen LogP contribution in [0.3, 0.4) is 0 Å². The van der Waals surface area contributed by atoms with E-state index in [2.05, 4.69) is 16.7 Å². The second kappa shape index (κ2) is 9.01. The van der Waals surface area contributed by atoms with E-state index in [1.807, 2.05) is 6.07 Å². The summed E-state index contributed by atoms with van der Waals surface area (Å²) in [4.78, 5) is 4.48. The van der Waals surface area contributed by atoms with Crippen LogP contribution in [0, 0.1) is 0 Å². The van der Waals surface area contributed by atoms with Crippen molar-refractivity contribution >= 4 is 0 Å². The van der Waals surface area contributed by atoms with Gasteiger partial charge in [0, 0.05) is 11.1 Å². The fraction of sp³-hybridized carbons (Fsp3) is 0.238. The van der Waals surface area contributed by atoms with Gasteiger partial charge in [-0.1, -0.05) is 17.8 Å². The van der Waals surface area contributed by atoms with Crippen LogP contribution in [0.1, 0.15) is 0 Å². The van der Waals surface area contributed by atoms with Gasteiger partial charge in [0.2, 0.25) is 11.6 Å². The summed E-state index contributed by atoms with van der Waals surface area (Å²) >= 11 is 0. The van der Waals surface area contributed by atoms with E-state index >= 15 is 0 Å².